The minimum absolute atomic E-state index is 0.189. The molecule has 0 spiro atoms. The molecule has 3 aromatic carbocycles. The first-order chi connectivity index (χ1) is 13.6. The summed E-state index contributed by atoms with van der Waals surface area (Å²) in [5, 5.41) is 3.95. The Hall–Kier alpha value is -3.73. The molecule has 0 atom stereocenters. The van der Waals surface area contributed by atoms with Crippen LogP contribution in [0.15, 0.2) is 84.0 Å². The number of ether oxygens (including phenoxy) is 1. The lowest BCUT2D eigenvalue weighted by Crippen LogP contribution is -2.19. The Balaban J connectivity index is 1.51. The van der Waals surface area contributed by atoms with Gasteiger partial charge in [-0.3, -0.25) is 4.79 Å². The van der Waals surface area contributed by atoms with Gasteiger partial charge in [0.15, 0.2) is 0 Å². The van der Waals surface area contributed by atoms with E-state index in [9.17, 15) is 9.59 Å². The summed E-state index contributed by atoms with van der Waals surface area (Å²) in [5.74, 6) is -0.156. The largest absolute Gasteiger partial charge is 0.423 e. The molecule has 0 bridgehead atoms. The Labute approximate surface area is 163 Å². The van der Waals surface area contributed by atoms with Crippen LogP contribution in [0.1, 0.15) is 27.0 Å². The Kier molecular flexibility index (Phi) is 6.31. The van der Waals surface area contributed by atoms with Gasteiger partial charge < -0.3 is 4.74 Å². The third-order valence-corrected chi connectivity index (χ3v) is 3.99. The molecule has 28 heavy (non-hydrogen) atoms. The number of nitrogens with zero attached hydrogens (tertiary/aromatic N) is 1. The Bertz CT molecular complexity index is 963. The zero-order chi connectivity index (χ0) is 19.8. The van der Waals surface area contributed by atoms with Gasteiger partial charge >= 0.3 is 5.97 Å². The molecule has 0 saturated carbocycles. The van der Waals surface area contributed by atoms with Gasteiger partial charge in [-0.25, -0.2) is 10.2 Å². The first-order valence-electron chi connectivity index (χ1n) is 8.85. The molecule has 1 amide bonds. The summed E-state index contributed by atoms with van der Waals surface area (Å²) in [6, 6.07) is 23.5. The number of hydrazone groups is 1. The number of hydrogen-bond acceptors (Lipinski definition) is 4. The molecule has 0 aromatic heterocycles. The quantitative estimate of drug-likeness (QED) is 0.309. The van der Waals surface area contributed by atoms with Gasteiger partial charge in [-0.1, -0.05) is 48.0 Å². The summed E-state index contributed by atoms with van der Waals surface area (Å²) in [4.78, 5) is 24.0. The van der Waals surface area contributed by atoms with Crippen LogP contribution < -0.4 is 10.2 Å². The number of carbonyl (C=O) groups excluding carboxylic acids is 2. The van der Waals surface area contributed by atoms with E-state index in [1.165, 1.54) is 6.21 Å². The van der Waals surface area contributed by atoms with Crippen molar-refractivity contribution in [2.75, 3.05) is 0 Å². The molecule has 3 rings (SSSR count). The van der Waals surface area contributed by atoms with E-state index in [0.29, 0.717) is 11.3 Å². The summed E-state index contributed by atoms with van der Waals surface area (Å²) in [5.41, 5.74) is 5.77. The van der Waals surface area contributed by atoms with E-state index in [4.69, 9.17) is 4.74 Å². The van der Waals surface area contributed by atoms with Crippen molar-refractivity contribution in [3.63, 3.8) is 0 Å². The first kappa shape index (κ1) is 19.0. The van der Waals surface area contributed by atoms with E-state index in [1.807, 2.05) is 49.4 Å². The van der Waals surface area contributed by atoms with Crippen LogP contribution in [0.5, 0.6) is 5.75 Å². The number of hydrogen-bond donors (Lipinski definition) is 1. The third kappa shape index (κ3) is 5.64. The zero-order valence-corrected chi connectivity index (χ0v) is 15.5. The van der Waals surface area contributed by atoms with Gasteiger partial charge in [0.2, 0.25) is 5.91 Å². The number of amides is 1. The monoisotopic (exact) mass is 372 g/mol. The van der Waals surface area contributed by atoms with Crippen molar-refractivity contribution < 1.29 is 14.3 Å². The summed E-state index contributed by atoms with van der Waals surface area (Å²) in [6.45, 7) is 1.96. The normalized spacial score (nSPS) is 10.6. The summed E-state index contributed by atoms with van der Waals surface area (Å²) < 4.78 is 5.35. The predicted molar refractivity (Wildman–Crippen MR) is 108 cm³/mol. The molecule has 0 aliphatic rings. The predicted octanol–water partition coefficient (Wildman–Crippen LogP) is 3.91. The molecule has 5 nitrogen and oxygen atoms in total. The fourth-order valence-corrected chi connectivity index (χ4v) is 2.48. The fourth-order valence-electron chi connectivity index (χ4n) is 2.48. The van der Waals surface area contributed by atoms with Crippen LogP contribution >= 0.6 is 0 Å². The van der Waals surface area contributed by atoms with Gasteiger partial charge in [-0.2, -0.15) is 5.10 Å². The average Bonchev–Trinajstić information content (AvgIpc) is 2.70. The SMILES string of the molecule is Cc1ccc(C(=O)Oc2ccc(/C=N/NC(=O)Cc3ccccc3)cc2)cc1. The maximum atomic E-state index is 12.1. The molecular weight excluding hydrogens is 352 g/mol. The van der Waals surface area contributed by atoms with Crippen molar-refractivity contribution in [3.8, 4) is 5.75 Å². The summed E-state index contributed by atoms with van der Waals surface area (Å²) >= 11 is 0. The molecule has 3 aromatic rings. The summed E-state index contributed by atoms with van der Waals surface area (Å²) in [7, 11) is 0. The van der Waals surface area contributed by atoms with Gasteiger partial charge in [0.05, 0.1) is 18.2 Å². The van der Waals surface area contributed by atoms with Gasteiger partial charge in [-0.05, 0) is 54.4 Å². The van der Waals surface area contributed by atoms with E-state index in [-0.39, 0.29) is 12.3 Å². The second-order valence-electron chi connectivity index (χ2n) is 6.28. The average molecular weight is 372 g/mol. The molecule has 140 valence electrons. The molecule has 0 aliphatic carbocycles. The number of aryl methyl sites for hydroxylation is 1. The molecular formula is C23H20N2O3. The molecule has 0 heterocycles. The number of rotatable bonds is 6. The molecule has 0 saturated heterocycles. The number of carbonyl (C=O) groups is 2. The van der Waals surface area contributed by atoms with Crippen molar-refractivity contribution >= 4 is 18.1 Å². The molecule has 0 fully saturated rings. The minimum atomic E-state index is -0.408. The van der Waals surface area contributed by atoms with Crippen LogP contribution in [0, 0.1) is 6.92 Å². The topological polar surface area (TPSA) is 67.8 Å². The fraction of sp³-hybridized carbons (Fsp3) is 0.0870. The molecule has 0 aliphatic heterocycles. The smallest absolute Gasteiger partial charge is 0.343 e. The highest BCUT2D eigenvalue weighted by atomic mass is 16.5. The van der Waals surface area contributed by atoms with E-state index < -0.39 is 5.97 Å². The highest BCUT2D eigenvalue weighted by molar-refractivity contribution is 5.91. The van der Waals surface area contributed by atoms with Gasteiger partial charge in [0.1, 0.15) is 5.75 Å². The van der Waals surface area contributed by atoms with Gasteiger partial charge in [-0.15, -0.1) is 0 Å². The second kappa shape index (κ2) is 9.28. The molecule has 5 heteroatoms. The van der Waals surface area contributed by atoms with Crippen LogP contribution in [-0.4, -0.2) is 18.1 Å². The summed E-state index contributed by atoms with van der Waals surface area (Å²) in [6.07, 6.45) is 1.81. The lowest BCUT2D eigenvalue weighted by Gasteiger charge is -2.05. The highest BCUT2D eigenvalue weighted by Crippen LogP contribution is 2.14. The van der Waals surface area contributed by atoms with Crippen molar-refractivity contribution in [2.24, 2.45) is 5.10 Å². The molecule has 1 N–H and O–H groups in total. The zero-order valence-electron chi connectivity index (χ0n) is 15.5. The van der Waals surface area contributed by atoms with E-state index in [1.54, 1.807) is 36.4 Å². The van der Waals surface area contributed by atoms with Crippen LogP contribution in [0.4, 0.5) is 0 Å². The van der Waals surface area contributed by atoms with Crippen molar-refractivity contribution in [3.05, 3.63) is 101 Å². The lowest BCUT2D eigenvalue weighted by molar-refractivity contribution is -0.120. The number of benzene rings is 3. The minimum Gasteiger partial charge on any atom is -0.423 e. The second-order valence-corrected chi connectivity index (χ2v) is 6.28. The molecule has 0 unspecified atom stereocenters. The van der Waals surface area contributed by atoms with Crippen LogP contribution in [-0.2, 0) is 11.2 Å². The van der Waals surface area contributed by atoms with Gasteiger partial charge in [0, 0.05) is 0 Å². The van der Waals surface area contributed by atoms with E-state index in [0.717, 1.165) is 16.7 Å². The van der Waals surface area contributed by atoms with Crippen molar-refractivity contribution in [1.82, 2.24) is 5.43 Å². The maximum absolute atomic E-state index is 12.1. The van der Waals surface area contributed by atoms with Gasteiger partial charge in [0.25, 0.3) is 0 Å². The Morgan fingerprint density at radius 3 is 2.29 bits per heavy atom. The lowest BCUT2D eigenvalue weighted by atomic mass is 10.1. The number of nitrogens with one attached hydrogen (secondary N) is 1. The number of esters is 1. The highest BCUT2D eigenvalue weighted by Gasteiger charge is 2.08. The van der Waals surface area contributed by atoms with Crippen molar-refractivity contribution in [2.45, 2.75) is 13.3 Å². The van der Waals surface area contributed by atoms with Crippen LogP contribution in [0.2, 0.25) is 0 Å². The van der Waals surface area contributed by atoms with E-state index >= 15 is 0 Å². The maximum Gasteiger partial charge on any atom is 0.343 e. The van der Waals surface area contributed by atoms with Crippen LogP contribution in [0.3, 0.4) is 0 Å². The third-order valence-electron chi connectivity index (χ3n) is 3.99. The van der Waals surface area contributed by atoms with Crippen LogP contribution in [0.25, 0.3) is 0 Å². The first-order valence-corrected chi connectivity index (χ1v) is 8.85. The Morgan fingerprint density at radius 1 is 0.929 bits per heavy atom. The Morgan fingerprint density at radius 2 is 1.61 bits per heavy atom. The molecule has 0 radical (unpaired) electrons. The van der Waals surface area contributed by atoms with Crippen molar-refractivity contribution in [1.29, 1.82) is 0 Å². The van der Waals surface area contributed by atoms with E-state index in [2.05, 4.69) is 10.5 Å². The standard InChI is InChI=1S/C23H20N2O3/c1-17-7-11-20(12-8-17)23(27)28-21-13-9-19(10-14-21)16-24-25-22(26)15-18-5-3-2-4-6-18/h2-14,16H,15H2,1H3,(H,25,26)/b24-16+.